The molecule has 0 saturated carbocycles. The number of aliphatic hydroxyl groups excluding tert-OH is 1. The van der Waals surface area contributed by atoms with E-state index < -0.39 is 0 Å². The summed E-state index contributed by atoms with van der Waals surface area (Å²) in [7, 11) is 0. The first kappa shape index (κ1) is 11.0. The summed E-state index contributed by atoms with van der Waals surface area (Å²) in [5.74, 6) is 0.733. The zero-order chi connectivity index (χ0) is 10.0. The molecule has 13 heavy (non-hydrogen) atoms. The molecule has 1 aliphatic rings. The Morgan fingerprint density at radius 1 is 1.31 bits per heavy atom. The number of nitrogens with zero attached hydrogens (tertiary/aromatic N) is 1. The van der Waals surface area contributed by atoms with Crippen molar-refractivity contribution >= 4 is 0 Å². The van der Waals surface area contributed by atoms with Gasteiger partial charge in [-0.05, 0) is 32.6 Å². The second kappa shape index (κ2) is 4.43. The molecule has 78 valence electrons. The van der Waals surface area contributed by atoms with Crippen molar-refractivity contribution in [3.05, 3.63) is 0 Å². The third kappa shape index (κ3) is 2.96. The summed E-state index contributed by atoms with van der Waals surface area (Å²) in [4.78, 5) is 2.44. The van der Waals surface area contributed by atoms with Gasteiger partial charge < -0.3 is 5.11 Å². The van der Waals surface area contributed by atoms with E-state index in [-0.39, 0.29) is 6.10 Å². The molecule has 1 fully saturated rings. The number of aliphatic hydroxyl groups is 1. The Morgan fingerprint density at radius 2 is 1.92 bits per heavy atom. The molecule has 1 aliphatic heterocycles. The van der Waals surface area contributed by atoms with E-state index in [0.29, 0.717) is 12.1 Å². The second-order valence-electron chi connectivity index (χ2n) is 4.96. The summed E-state index contributed by atoms with van der Waals surface area (Å²) in [6.07, 6.45) is 2.09. The maximum atomic E-state index is 9.59. The Bertz CT molecular complexity index is 156. The molecule has 1 saturated heterocycles. The lowest BCUT2D eigenvalue weighted by Crippen LogP contribution is -2.36. The molecular formula is C11H23NO. The van der Waals surface area contributed by atoms with Crippen molar-refractivity contribution < 1.29 is 5.11 Å². The van der Waals surface area contributed by atoms with Crippen LogP contribution in [-0.4, -0.2) is 34.7 Å². The number of β-amino-alcohol motifs (C(OH)–C–C–N with tert-alkyl or cyclic N) is 1. The minimum atomic E-state index is -0.0915. The summed E-state index contributed by atoms with van der Waals surface area (Å²) >= 11 is 0. The monoisotopic (exact) mass is 185 g/mol. The van der Waals surface area contributed by atoms with E-state index in [2.05, 4.69) is 32.6 Å². The fourth-order valence-corrected chi connectivity index (χ4v) is 2.32. The van der Waals surface area contributed by atoms with Gasteiger partial charge in [0.1, 0.15) is 0 Å². The summed E-state index contributed by atoms with van der Waals surface area (Å²) in [5, 5.41) is 9.59. The van der Waals surface area contributed by atoms with E-state index in [9.17, 15) is 5.11 Å². The molecule has 2 nitrogen and oxygen atoms in total. The van der Waals surface area contributed by atoms with Gasteiger partial charge in [-0.25, -0.2) is 0 Å². The largest absolute Gasteiger partial charge is 0.392 e. The molecule has 0 aliphatic carbocycles. The van der Waals surface area contributed by atoms with Gasteiger partial charge in [-0.15, -0.1) is 0 Å². The molecule has 0 aromatic carbocycles. The van der Waals surface area contributed by atoms with Gasteiger partial charge in [0.25, 0.3) is 0 Å². The maximum absolute atomic E-state index is 9.59. The third-order valence-electron chi connectivity index (χ3n) is 2.84. The van der Waals surface area contributed by atoms with E-state index in [1.165, 1.54) is 6.42 Å². The highest BCUT2D eigenvalue weighted by atomic mass is 16.3. The Labute approximate surface area is 81.9 Å². The number of likely N-dealkylation sites (tertiary alicyclic amines) is 1. The van der Waals surface area contributed by atoms with E-state index in [4.69, 9.17) is 0 Å². The SMILES string of the molecule is CC(C)C[C@H]1C[C@H](O)CN1C(C)C. The van der Waals surface area contributed by atoms with Gasteiger partial charge in [-0.1, -0.05) is 13.8 Å². The zero-order valence-electron chi connectivity index (χ0n) is 9.33. The van der Waals surface area contributed by atoms with Gasteiger partial charge >= 0.3 is 0 Å². The molecule has 2 atom stereocenters. The Kier molecular flexibility index (Phi) is 3.74. The molecule has 0 amide bonds. The maximum Gasteiger partial charge on any atom is 0.0682 e. The van der Waals surface area contributed by atoms with E-state index in [0.717, 1.165) is 18.9 Å². The number of hydrogen-bond acceptors (Lipinski definition) is 2. The van der Waals surface area contributed by atoms with E-state index >= 15 is 0 Å². The van der Waals surface area contributed by atoms with Gasteiger partial charge in [0.05, 0.1) is 6.10 Å². The predicted octanol–water partition coefficient (Wildman–Crippen LogP) is 1.88. The molecule has 1 heterocycles. The van der Waals surface area contributed by atoms with Crippen molar-refractivity contribution in [2.45, 2.75) is 58.7 Å². The van der Waals surface area contributed by atoms with Crippen molar-refractivity contribution in [2.75, 3.05) is 6.54 Å². The standard InChI is InChI=1S/C11H23NO/c1-8(2)5-10-6-11(13)7-12(10)9(3)4/h8-11,13H,5-7H2,1-4H3/t10-,11-/m0/s1. The first-order chi connectivity index (χ1) is 6.00. The molecule has 0 aromatic heterocycles. The molecule has 1 rings (SSSR count). The Hall–Kier alpha value is -0.0800. The summed E-state index contributed by atoms with van der Waals surface area (Å²) < 4.78 is 0. The number of hydrogen-bond donors (Lipinski definition) is 1. The van der Waals surface area contributed by atoms with Crippen molar-refractivity contribution in [3.63, 3.8) is 0 Å². The zero-order valence-corrected chi connectivity index (χ0v) is 9.33. The molecule has 2 heteroatoms. The van der Waals surface area contributed by atoms with Crippen LogP contribution in [0.2, 0.25) is 0 Å². The molecule has 0 bridgehead atoms. The molecule has 0 aromatic rings. The molecular weight excluding hydrogens is 162 g/mol. The van der Waals surface area contributed by atoms with E-state index in [1.807, 2.05) is 0 Å². The predicted molar refractivity (Wildman–Crippen MR) is 55.7 cm³/mol. The van der Waals surface area contributed by atoms with Gasteiger partial charge in [-0.2, -0.15) is 0 Å². The average molecular weight is 185 g/mol. The normalized spacial score (nSPS) is 30.7. The Balaban J connectivity index is 2.50. The third-order valence-corrected chi connectivity index (χ3v) is 2.84. The quantitative estimate of drug-likeness (QED) is 0.725. The van der Waals surface area contributed by atoms with Crippen LogP contribution in [0.25, 0.3) is 0 Å². The van der Waals surface area contributed by atoms with Crippen molar-refractivity contribution in [1.29, 1.82) is 0 Å². The van der Waals surface area contributed by atoms with Crippen LogP contribution < -0.4 is 0 Å². The first-order valence-electron chi connectivity index (χ1n) is 5.44. The summed E-state index contributed by atoms with van der Waals surface area (Å²) in [6.45, 7) is 9.80. The highest BCUT2D eigenvalue weighted by molar-refractivity contribution is 4.87. The lowest BCUT2D eigenvalue weighted by molar-refractivity contribution is 0.154. The van der Waals surface area contributed by atoms with Crippen LogP contribution in [0, 0.1) is 5.92 Å². The molecule has 1 N–H and O–H groups in total. The van der Waals surface area contributed by atoms with Crippen LogP contribution in [0.4, 0.5) is 0 Å². The molecule has 0 spiro atoms. The van der Waals surface area contributed by atoms with Crippen LogP contribution in [0.5, 0.6) is 0 Å². The lowest BCUT2D eigenvalue weighted by Gasteiger charge is -2.28. The summed E-state index contributed by atoms with van der Waals surface area (Å²) in [6, 6.07) is 1.18. The van der Waals surface area contributed by atoms with Crippen molar-refractivity contribution in [1.82, 2.24) is 4.90 Å². The van der Waals surface area contributed by atoms with Crippen LogP contribution in [0.15, 0.2) is 0 Å². The molecule has 0 unspecified atom stereocenters. The van der Waals surface area contributed by atoms with E-state index in [1.54, 1.807) is 0 Å². The fourth-order valence-electron chi connectivity index (χ4n) is 2.32. The highest BCUT2D eigenvalue weighted by Gasteiger charge is 2.32. The highest BCUT2D eigenvalue weighted by Crippen LogP contribution is 2.25. The second-order valence-corrected chi connectivity index (χ2v) is 4.96. The average Bonchev–Trinajstić information content (AvgIpc) is 2.29. The lowest BCUT2D eigenvalue weighted by atomic mass is 10.0. The van der Waals surface area contributed by atoms with Gasteiger partial charge in [0.2, 0.25) is 0 Å². The minimum Gasteiger partial charge on any atom is -0.392 e. The van der Waals surface area contributed by atoms with Crippen LogP contribution >= 0.6 is 0 Å². The van der Waals surface area contributed by atoms with Crippen LogP contribution in [0.3, 0.4) is 0 Å². The van der Waals surface area contributed by atoms with Gasteiger partial charge in [0, 0.05) is 18.6 Å². The van der Waals surface area contributed by atoms with Crippen LogP contribution in [-0.2, 0) is 0 Å². The van der Waals surface area contributed by atoms with Crippen molar-refractivity contribution in [2.24, 2.45) is 5.92 Å². The molecule has 0 radical (unpaired) electrons. The first-order valence-corrected chi connectivity index (χ1v) is 5.44. The number of rotatable bonds is 3. The summed E-state index contributed by atoms with van der Waals surface area (Å²) in [5.41, 5.74) is 0. The van der Waals surface area contributed by atoms with Gasteiger partial charge in [0.15, 0.2) is 0 Å². The minimum absolute atomic E-state index is 0.0915. The van der Waals surface area contributed by atoms with Crippen LogP contribution in [0.1, 0.15) is 40.5 Å². The Morgan fingerprint density at radius 3 is 2.38 bits per heavy atom. The fraction of sp³-hybridized carbons (Fsp3) is 1.00. The van der Waals surface area contributed by atoms with Gasteiger partial charge in [-0.3, -0.25) is 4.90 Å². The smallest absolute Gasteiger partial charge is 0.0682 e. The topological polar surface area (TPSA) is 23.5 Å². The van der Waals surface area contributed by atoms with Crippen molar-refractivity contribution in [3.8, 4) is 0 Å².